The minimum atomic E-state index is 0.203. The van der Waals surface area contributed by atoms with E-state index in [-0.39, 0.29) is 12.1 Å². The Labute approximate surface area is 128 Å². The highest BCUT2D eigenvalue weighted by atomic mass is 79.9. The lowest BCUT2D eigenvalue weighted by Gasteiger charge is -2.31. The molecule has 0 bridgehead atoms. The van der Waals surface area contributed by atoms with E-state index in [1.54, 1.807) is 0 Å². The molecule has 0 aromatic heterocycles. The van der Waals surface area contributed by atoms with Gasteiger partial charge in [-0.15, -0.1) is 0 Å². The van der Waals surface area contributed by atoms with Crippen LogP contribution in [0.4, 0.5) is 0 Å². The van der Waals surface area contributed by atoms with Crippen LogP contribution in [0.25, 0.3) is 0 Å². The first kappa shape index (κ1) is 15.3. The molecular weight excluding hydrogens is 328 g/mol. The second kappa shape index (κ2) is 7.04. The van der Waals surface area contributed by atoms with E-state index in [1.165, 1.54) is 5.56 Å². The van der Waals surface area contributed by atoms with Crippen LogP contribution in [0.15, 0.2) is 22.7 Å². The lowest BCUT2D eigenvalue weighted by Crippen LogP contribution is -2.37. The fourth-order valence-electron chi connectivity index (χ4n) is 2.53. The van der Waals surface area contributed by atoms with Crippen molar-refractivity contribution in [1.29, 1.82) is 0 Å². The fraction of sp³-hybridized carbons (Fsp3) is 0.571. The molecule has 0 radical (unpaired) electrons. The Bertz CT molecular complexity index is 430. The summed E-state index contributed by atoms with van der Waals surface area (Å²) in [6.45, 7) is 5.45. The Morgan fingerprint density at radius 1 is 1.58 bits per heavy atom. The molecule has 19 heavy (non-hydrogen) atoms. The lowest BCUT2D eigenvalue weighted by molar-refractivity contribution is 0.0612. The molecule has 2 rings (SSSR count). The smallest absolute Gasteiger partial charge is 0.0674 e. The third kappa shape index (κ3) is 3.92. The number of nitrogens with two attached hydrogens (primary N) is 1. The van der Waals surface area contributed by atoms with Crippen LogP contribution in [0.3, 0.4) is 0 Å². The number of halogens is 2. The monoisotopic (exact) mass is 346 g/mol. The number of benzene rings is 1. The first-order valence-corrected chi connectivity index (χ1v) is 7.79. The molecule has 0 spiro atoms. The molecule has 2 unspecified atom stereocenters. The highest BCUT2D eigenvalue weighted by molar-refractivity contribution is 9.10. The van der Waals surface area contributed by atoms with Crippen LogP contribution in [0.1, 0.15) is 24.9 Å². The maximum absolute atomic E-state index is 6.18. The van der Waals surface area contributed by atoms with Gasteiger partial charge < -0.3 is 10.5 Å². The van der Waals surface area contributed by atoms with Crippen molar-refractivity contribution < 1.29 is 4.74 Å². The van der Waals surface area contributed by atoms with Crippen molar-refractivity contribution in [2.45, 2.75) is 25.5 Å². The molecule has 5 heteroatoms. The molecule has 3 nitrogen and oxygen atoms in total. The summed E-state index contributed by atoms with van der Waals surface area (Å²) in [5.74, 6) is 0. The molecular formula is C14H20BrClN2O. The van der Waals surface area contributed by atoms with Gasteiger partial charge in [-0.3, -0.25) is 4.90 Å². The molecule has 1 saturated heterocycles. The van der Waals surface area contributed by atoms with Crippen molar-refractivity contribution in [2.75, 3.05) is 26.2 Å². The third-order valence-corrected chi connectivity index (χ3v) is 4.71. The second-order valence-corrected chi connectivity index (χ2v) is 6.22. The molecule has 1 aromatic rings. The third-order valence-electron chi connectivity index (χ3n) is 3.48. The number of rotatable bonds is 3. The molecule has 1 heterocycles. The number of ether oxygens (including phenoxy) is 1. The van der Waals surface area contributed by atoms with Gasteiger partial charge in [0.05, 0.1) is 11.1 Å². The molecule has 1 aliphatic rings. The molecule has 1 aromatic carbocycles. The summed E-state index contributed by atoms with van der Waals surface area (Å²) in [7, 11) is 0. The van der Waals surface area contributed by atoms with Crippen LogP contribution in [0, 0.1) is 0 Å². The van der Waals surface area contributed by atoms with E-state index in [4.69, 9.17) is 22.1 Å². The molecule has 0 amide bonds. The molecule has 1 aliphatic heterocycles. The summed E-state index contributed by atoms with van der Waals surface area (Å²) < 4.78 is 6.61. The van der Waals surface area contributed by atoms with Gasteiger partial charge in [0.1, 0.15) is 0 Å². The van der Waals surface area contributed by atoms with Crippen molar-refractivity contribution in [1.82, 2.24) is 4.90 Å². The SMILES string of the molecule is CC1CN(C(CN)c2ccc(Br)c(Cl)c2)CCCO1. The topological polar surface area (TPSA) is 38.5 Å². The van der Waals surface area contributed by atoms with E-state index in [2.05, 4.69) is 33.8 Å². The van der Waals surface area contributed by atoms with Gasteiger partial charge in [0, 0.05) is 36.8 Å². The zero-order chi connectivity index (χ0) is 13.8. The van der Waals surface area contributed by atoms with Crippen LogP contribution in [0.2, 0.25) is 5.02 Å². The Kier molecular flexibility index (Phi) is 5.66. The van der Waals surface area contributed by atoms with Crippen LogP contribution in [-0.2, 0) is 4.74 Å². The summed E-state index contributed by atoms with van der Waals surface area (Å²) in [5, 5.41) is 0.732. The minimum absolute atomic E-state index is 0.203. The Morgan fingerprint density at radius 3 is 3.05 bits per heavy atom. The van der Waals surface area contributed by atoms with E-state index in [9.17, 15) is 0 Å². The van der Waals surface area contributed by atoms with Gasteiger partial charge in [-0.25, -0.2) is 0 Å². The van der Waals surface area contributed by atoms with Gasteiger partial charge in [0.2, 0.25) is 0 Å². The van der Waals surface area contributed by atoms with Gasteiger partial charge in [-0.05, 0) is 47.0 Å². The van der Waals surface area contributed by atoms with Crippen molar-refractivity contribution in [3.63, 3.8) is 0 Å². The van der Waals surface area contributed by atoms with Gasteiger partial charge in [0.15, 0.2) is 0 Å². The first-order valence-electron chi connectivity index (χ1n) is 6.62. The number of hydrogen-bond acceptors (Lipinski definition) is 3. The fourth-order valence-corrected chi connectivity index (χ4v) is 2.96. The maximum Gasteiger partial charge on any atom is 0.0674 e. The van der Waals surface area contributed by atoms with E-state index in [1.807, 2.05) is 12.1 Å². The number of nitrogens with zero attached hydrogens (tertiary/aromatic N) is 1. The lowest BCUT2D eigenvalue weighted by atomic mass is 10.0. The zero-order valence-electron chi connectivity index (χ0n) is 11.1. The van der Waals surface area contributed by atoms with Crippen molar-refractivity contribution in [3.8, 4) is 0 Å². The zero-order valence-corrected chi connectivity index (χ0v) is 13.5. The first-order chi connectivity index (χ1) is 9.11. The van der Waals surface area contributed by atoms with E-state index in [0.29, 0.717) is 6.54 Å². The Balaban J connectivity index is 2.20. The molecule has 106 valence electrons. The Morgan fingerprint density at radius 2 is 2.37 bits per heavy atom. The van der Waals surface area contributed by atoms with Gasteiger partial charge in [-0.2, -0.15) is 0 Å². The molecule has 0 aliphatic carbocycles. The van der Waals surface area contributed by atoms with Crippen LogP contribution < -0.4 is 5.73 Å². The minimum Gasteiger partial charge on any atom is -0.377 e. The number of hydrogen-bond donors (Lipinski definition) is 1. The summed E-state index contributed by atoms with van der Waals surface area (Å²) in [6, 6.07) is 6.27. The molecule has 1 fully saturated rings. The van der Waals surface area contributed by atoms with E-state index < -0.39 is 0 Å². The van der Waals surface area contributed by atoms with Gasteiger partial charge in [0.25, 0.3) is 0 Å². The van der Waals surface area contributed by atoms with Crippen molar-refractivity contribution in [3.05, 3.63) is 33.3 Å². The van der Waals surface area contributed by atoms with Crippen LogP contribution in [-0.4, -0.2) is 37.2 Å². The summed E-state index contributed by atoms with van der Waals surface area (Å²) >= 11 is 9.61. The van der Waals surface area contributed by atoms with E-state index in [0.717, 1.165) is 35.6 Å². The molecule has 0 saturated carbocycles. The maximum atomic E-state index is 6.18. The van der Waals surface area contributed by atoms with Crippen LogP contribution in [0.5, 0.6) is 0 Å². The predicted octanol–water partition coefficient (Wildman–Crippen LogP) is 3.21. The average Bonchev–Trinajstić information content (AvgIpc) is 2.59. The predicted molar refractivity (Wildman–Crippen MR) is 82.6 cm³/mol. The average molecular weight is 348 g/mol. The summed E-state index contributed by atoms with van der Waals surface area (Å²) in [6.07, 6.45) is 1.30. The normalized spacial score (nSPS) is 23.1. The molecule has 2 atom stereocenters. The van der Waals surface area contributed by atoms with E-state index >= 15 is 0 Å². The van der Waals surface area contributed by atoms with Gasteiger partial charge in [-0.1, -0.05) is 17.7 Å². The quantitative estimate of drug-likeness (QED) is 0.912. The van der Waals surface area contributed by atoms with Crippen molar-refractivity contribution in [2.24, 2.45) is 5.73 Å². The summed E-state index contributed by atoms with van der Waals surface area (Å²) in [4.78, 5) is 2.40. The van der Waals surface area contributed by atoms with Crippen LogP contribution >= 0.6 is 27.5 Å². The van der Waals surface area contributed by atoms with Gasteiger partial charge >= 0.3 is 0 Å². The summed E-state index contributed by atoms with van der Waals surface area (Å²) in [5.41, 5.74) is 7.15. The standard InChI is InChI=1S/C14H20BrClN2O/c1-10-9-18(5-2-6-19-10)14(8-17)11-3-4-12(15)13(16)7-11/h3-4,7,10,14H,2,5-6,8-9,17H2,1H3. The molecule has 2 N–H and O–H groups in total. The Hall–Kier alpha value is -0.130. The largest absolute Gasteiger partial charge is 0.377 e. The highest BCUT2D eigenvalue weighted by Gasteiger charge is 2.23. The highest BCUT2D eigenvalue weighted by Crippen LogP contribution is 2.29. The second-order valence-electron chi connectivity index (χ2n) is 4.95. The van der Waals surface area contributed by atoms with Crippen molar-refractivity contribution >= 4 is 27.5 Å².